The highest BCUT2D eigenvalue weighted by Gasteiger charge is 2.04. The van der Waals surface area contributed by atoms with Crippen molar-refractivity contribution in [1.29, 1.82) is 5.26 Å². The average molecular weight is 256 g/mol. The van der Waals surface area contributed by atoms with Gasteiger partial charge in [-0.15, -0.1) is 0 Å². The van der Waals surface area contributed by atoms with Crippen LogP contribution in [0.4, 0.5) is 10.1 Å². The first kappa shape index (κ1) is 13.1. The van der Waals surface area contributed by atoms with Crippen LogP contribution in [0.15, 0.2) is 42.5 Å². The number of nitrogen functional groups attached to an aromatic ring is 1. The van der Waals surface area contributed by atoms with E-state index in [0.717, 1.165) is 5.56 Å². The molecule has 96 valence electrons. The molecule has 0 heterocycles. The minimum Gasteiger partial charge on any atom is -0.399 e. The smallest absolute Gasteiger partial charge is 0.128 e. The van der Waals surface area contributed by atoms with Gasteiger partial charge in [0.05, 0.1) is 24.8 Å². The molecule has 0 atom stereocenters. The van der Waals surface area contributed by atoms with Gasteiger partial charge in [-0.25, -0.2) is 4.39 Å². The Kier molecular flexibility index (Phi) is 4.11. The van der Waals surface area contributed by atoms with Crippen LogP contribution in [0.1, 0.15) is 16.7 Å². The molecule has 0 unspecified atom stereocenters. The number of hydrogen-bond donors (Lipinski definition) is 1. The Morgan fingerprint density at radius 2 is 1.84 bits per heavy atom. The van der Waals surface area contributed by atoms with Gasteiger partial charge in [-0.05, 0) is 35.9 Å². The van der Waals surface area contributed by atoms with Gasteiger partial charge in [0.15, 0.2) is 0 Å². The summed E-state index contributed by atoms with van der Waals surface area (Å²) in [7, 11) is 0. The topological polar surface area (TPSA) is 59.0 Å². The van der Waals surface area contributed by atoms with E-state index in [1.54, 1.807) is 12.1 Å². The fourth-order valence-electron chi connectivity index (χ4n) is 1.65. The number of hydrogen-bond acceptors (Lipinski definition) is 3. The maximum Gasteiger partial charge on any atom is 0.128 e. The van der Waals surface area contributed by atoms with E-state index in [0.29, 0.717) is 23.4 Å². The maximum atomic E-state index is 13.5. The summed E-state index contributed by atoms with van der Waals surface area (Å²) in [6.45, 7) is 0.502. The van der Waals surface area contributed by atoms with Gasteiger partial charge in [0, 0.05) is 11.3 Å². The van der Waals surface area contributed by atoms with Crippen molar-refractivity contribution in [1.82, 2.24) is 0 Å². The van der Waals surface area contributed by atoms with Crippen molar-refractivity contribution in [3.63, 3.8) is 0 Å². The van der Waals surface area contributed by atoms with Crippen LogP contribution in [0.25, 0.3) is 0 Å². The Morgan fingerprint density at radius 1 is 1.11 bits per heavy atom. The molecule has 0 radical (unpaired) electrons. The third-order valence-electron chi connectivity index (χ3n) is 2.68. The maximum absolute atomic E-state index is 13.5. The summed E-state index contributed by atoms with van der Waals surface area (Å²) < 4.78 is 18.9. The largest absolute Gasteiger partial charge is 0.399 e. The molecule has 3 nitrogen and oxygen atoms in total. The molecule has 0 fully saturated rings. The van der Waals surface area contributed by atoms with E-state index in [2.05, 4.69) is 0 Å². The van der Waals surface area contributed by atoms with Crippen LogP contribution in [0.3, 0.4) is 0 Å². The Morgan fingerprint density at radius 3 is 2.53 bits per heavy atom. The summed E-state index contributed by atoms with van der Waals surface area (Å²) in [6.07, 6.45) is 0. The molecule has 2 aromatic rings. The van der Waals surface area contributed by atoms with E-state index in [9.17, 15) is 4.39 Å². The molecule has 0 spiro atoms. The molecule has 2 N–H and O–H groups in total. The molecular weight excluding hydrogens is 243 g/mol. The SMILES string of the molecule is N#Cc1ccc(F)c(COCc2ccc(N)cc2)c1. The number of benzene rings is 2. The van der Waals surface area contributed by atoms with Gasteiger partial charge in [-0.3, -0.25) is 0 Å². The van der Waals surface area contributed by atoms with Crippen molar-refractivity contribution < 1.29 is 9.13 Å². The Labute approximate surface area is 111 Å². The first-order chi connectivity index (χ1) is 9.19. The first-order valence-corrected chi connectivity index (χ1v) is 5.80. The predicted octanol–water partition coefficient (Wildman–Crippen LogP) is 3.00. The number of rotatable bonds is 4. The van der Waals surface area contributed by atoms with Gasteiger partial charge in [-0.2, -0.15) is 5.26 Å². The molecule has 0 bridgehead atoms. The second kappa shape index (κ2) is 5.98. The second-order valence-electron chi connectivity index (χ2n) is 4.15. The molecule has 0 aliphatic carbocycles. The monoisotopic (exact) mass is 256 g/mol. The zero-order chi connectivity index (χ0) is 13.7. The molecule has 0 saturated carbocycles. The van der Waals surface area contributed by atoms with Crippen LogP contribution in [0.2, 0.25) is 0 Å². The lowest BCUT2D eigenvalue weighted by molar-refractivity contribution is 0.105. The van der Waals surface area contributed by atoms with Crippen LogP contribution in [0, 0.1) is 17.1 Å². The van der Waals surface area contributed by atoms with Crippen LogP contribution in [0.5, 0.6) is 0 Å². The number of nitrogens with two attached hydrogens (primary N) is 1. The average Bonchev–Trinajstić information content (AvgIpc) is 2.43. The lowest BCUT2D eigenvalue weighted by Gasteiger charge is -2.06. The number of nitrogens with zero attached hydrogens (tertiary/aromatic N) is 1. The summed E-state index contributed by atoms with van der Waals surface area (Å²) in [6, 6.07) is 13.5. The standard InChI is InChI=1S/C15H13FN2O/c16-15-6-3-12(8-17)7-13(15)10-19-9-11-1-4-14(18)5-2-11/h1-7H,9-10,18H2. The normalized spacial score (nSPS) is 10.1. The Balaban J connectivity index is 1.96. The van der Waals surface area contributed by atoms with E-state index in [1.807, 2.05) is 18.2 Å². The van der Waals surface area contributed by atoms with Crippen molar-refractivity contribution >= 4 is 5.69 Å². The first-order valence-electron chi connectivity index (χ1n) is 5.80. The van der Waals surface area contributed by atoms with Gasteiger partial charge < -0.3 is 10.5 Å². The number of ether oxygens (including phenoxy) is 1. The van der Waals surface area contributed by atoms with Crippen molar-refractivity contribution in [2.24, 2.45) is 0 Å². The summed E-state index contributed by atoms with van der Waals surface area (Å²) in [5.41, 5.74) is 8.04. The van der Waals surface area contributed by atoms with E-state index in [-0.39, 0.29) is 12.4 Å². The zero-order valence-corrected chi connectivity index (χ0v) is 10.3. The Bertz CT molecular complexity index is 603. The molecule has 0 aromatic heterocycles. The highest BCUT2D eigenvalue weighted by atomic mass is 19.1. The van der Waals surface area contributed by atoms with Crippen molar-refractivity contribution in [2.45, 2.75) is 13.2 Å². The van der Waals surface area contributed by atoms with E-state index >= 15 is 0 Å². The van der Waals surface area contributed by atoms with Gasteiger partial charge in [-0.1, -0.05) is 12.1 Å². The summed E-state index contributed by atoms with van der Waals surface area (Å²) >= 11 is 0. The summed E-state index contributed by atoms with van der Waals surface area (Å²) in [5, 5.41) is 8.76. The molecule has 0 aliphatic rings. The fourth-order valence-corrected chi connectivity index (χ4v) is 1.65. The molecular formula is C15H13FN2O. The number of halogens is 1. The van der Waals surface area contributed by atoms with Crippen LogP contribution in [-0.4, -0.2) is 0 Å². The van der Waals surface area contributed by atoms with Gasteiger partial charge >= 0.3 is 0 Å². The van der Waals surface area contributed by atoms with Gasteiger partial charge in [0.1, 0.15) is 5.82 Å². The van der Waals surface area contributed by atoms with Crippen molar-refractivity contribution in [3.05, 3.63) is 65.0 Å². The molecule has 0 saturated heterocycles. The van der Waals surface area contributed by atoms with E-state index in [4.69, 9.17) is 15.7 Å². The van der Waals surface area contributed by atoms with E-state index < -0.39 is 0 Å². The highest BCUT2D eigenvalue weighted by molar-refractivity contribution is 5.39. The van der Waals surface area contributed by atoms with Crippen LogP contribution >= 0.6 is 0 Å². The lowest BCUT2D eigenvalue weighted by atomic mass is 10.1. The Hall–Kier alpha value is -2.38. The van der Waals surface area contributed by atoms with Crippen LogP contribution in [-0.2, 0) is 18.0 Å². The number of anilines is 1. The van der Waals surface area contributed by atoms with Crippen molar-refractivity contribution in [3.8, 4) is 6.07 Å². The molecule has 2 rings (SSSR count). The third-order valence-corrected chi connectivity index (χ3v) is 2.68. The molecule has 0 aliphatic heterocycles. The fraction of sp³-hybridized carbons (Fsp3) is 0.133. The minimum atomic E-state index is -0.365. The van der Waals surface area contributed by atoms with Gasteiger partial charge in [0.2, 0.25) is 0 Å². The molecule has 19 heavy (non-hydrogen) atoms. The molecule has 2 aromatic carbocycles. The summed E-state index contributed by atoms with van der Waals surface area (Å²) in [4.78, 5) is 0. The minimum absolute atomic E-state index is 0.131. The lowest BCUT2D eigenvalue weighted by Crippen LogP contribution is -1.98. The molecule has 0 amide bonds. The number of nitriles is 1. The molecule has 4 heteroatoms. The highest BCUT2D eigenvalue weighted by Crippen LogP contribution is 2.13. The zero-order valence-electron chi connectivity index (χ0n) is 10.3. The quantitative estimate of drug-likeness (QED) is 0.855. The predicted molar refractivity (Wildman–Crippen MR) is 70.5 cm³/mol. The van der Waals surface area contributed by atoms with Crippen LogP contribution < -0.4 is 5.73 Å². The van der Waals surface area contributed by atoms with E-state index in [1.165, 1.54) is 18.2 Å². The van der Waals surface area contributed by atoms with Crippen molar-refractivity contribution in [2.75, 3.05) is 5.73 Å². The summed E-state index contributed by atoms with van der Waals surface area (Å²) in [5.74, 6) is -0.365. The second-order valence-corrected chi connectivity index (χ2v) is 4.15. The van der Waals surface area contributed by atoms with Gasteiger partial charge in [0.25, 0.3) is 0 Å². The third kappa shape index (κ3) is 3.54.